The van der Waals surface area contributed by atoms with Gasteiger partial charge in [0.15, 0.2) is 0 Å². The van der Waals surface area contributed by atoms with Gasteiger partial charge in [0.2, 0.25) is 0 Å². The van der Waals surface area contributed by atoms with Crippen LogP contribution < -0.4 is 5.32 Å². The van der Waals surface area contributed by atoms with E-state index in [-0.39, 0.29) is 0 Å². The molecule has 1 N–H and O–H groups in total. The zero-order valence-corrected chi connectivity index (χ0v) is 11.9. The van der Waals surface area contributed by atoms with E-state index in [0.717, 1.165) is 5.92 Å². The molecule has 0 aliphatic carbocycles. The number of fused-ring (bicyclic) bond motifs is 1. The molecule has 2 heterocycles. The van der Waals surface area contributed by atoms with Gasteiger partial charge < -0.3 is 5.32 Å². The third-order valence-corrected chi connectivity index (χ3v) is 5.30. The van der Waals surface area contributed by atoms with Crippen LogP contribution in [0.4, 0.5) is 0 Å². The van der Waals surface area contributed by atoms with E-state index in [4.69, 9.17) is 0 Å². The summed E-state index contributed by atoms with van der Waals surface area (Å²) in [4.78, 5) is 4.21. The second-order valence-electron chi connectivity index (χ2n) is 5.40. The molecular formula is C15H22N2S. The van der Waals surface area contributed by atoms with Crippen molar-refractivity contribution < 1.29 is 0 Å². The Hall–Kier alpha value is -0.510. The van der Waals surface area contributed by atoms with Crippen molar-refractivity contribution in [1.29, 1.82) is 0 Å². The SMILES string of the molecule is CNCC1CCN(C2CCSc3ccccc32)C1. The first-order valence-electron chi connectivity index (χ1n) is 6.99. The quantitative estimate of drug-likeness (QED) is 0.902. The van der Waals surface area contributed by atoms with Gasteiger partial charge >= 0.3 is 0 Å². The molecule has 0 radical (unpaired) electrons. The molecule has 2 nitrogen and oxygen atoms in total. The lowest BCUT2D eigenvalue weighted by Crippen LogP contribution is -2.30. The molecule has 0 aromatic heterocycles. The molecule has 0 bridgehead atoms. The average Bonchev–Trinajstić information content (AvgIpc) is 2.87. The summed E-state index contributed by atoms with van der Waals surface area (Å²) >= 11 is 2.02. The molecule has 1 aromatic rings. The van der Waals surface area contributed by atoms with Crippen LogP contribution in [0.2, 0.25) is 0 Å². The summed E-state index contributed by atoms with van der Waals surface area (Å²) in [5.41, 5.74) is 1.57. The van der Waals surface area contributed by atoms with Gasteiger partial charge in [0.05, 0.1) is 0 Å². The standard InChI is InChI=1S/C15H22N2S/c1-16-10-12-6-8-17(11-12)14-7-9-18-15-5-3-2-4-13(14)15/h2-5,12,14,16H,6-11H2,1H3. The maximum atomic E-state index is 3.32. The first-order chi connectivity index (χ1) is 8.88. The van der Waals surface area contributed by atoms with Gasteiger partial charge in [0.1, 0.15) is 0 Å². The van der Waals surface area contributed by atoms with Crippen LogP contribution in [0.5, 0.6) is 0 Å². The second-order valence-corrected chi connectivity index (χ2v) is 6.53. The third-order valence-electron chi connectivity index (χ3n) is 4.18. The summed E-state index contributed by atoms with van der Waals surface area (Å²) in [5.74, 6) is 2.12. The van der Waals surface area contributed by atoms with Gasteiger partial charge in [-0.2, -0.15) is 0 Å². The maximum absolute atomic E-state index is 3.32. The topological polar surface area (TPSA) is 15.3 Å². The molecule has 1 aromatic carbocycles. The Morgan fingerprint density at radius 2 is 2.22 bits per heavy atom. The van der Waals surface area contributed by atoms with Crippen LogP contribution in [-0.4, -0.2) is 37.3 Å². The minimum Gasteiger partial charge on any atom is -0.319 e. The lowest BCUT2D eigenvalue weighted by Gasteiger charge is -2.33. The van der Waals surface area contributed by atoms with Crippen LogP contribution >= 0.6 is 11.8 Å². The lowest BCUT2D eigenvalue weighted by atomic mass is 10.0. The second kappa shape index (κ2) is 5.64. The number of hydrogen-bond acceptors (Lipinski definition) is 3. The van der Waals surface area contributed by atoms with E-state index in [1.54, 1.807) is 5.56 Å². The van der Waals surface area contributed by atoms with E-state index in [1.807, 2.05) is 11.8 Å². The Balaban J connectivity index is 1.74. The summed E-state index contributed by atoms with van der Waals surface area (Å²) in [6, 6.07) is 9.65. The Kier molecular flexibility index (Phi) is 3.92. The molecule has 3 rings (SSSR count). The molecule has 3 heteroatoms. The van der Waals surface area contributed by atoms with Crippen molar-refractivity contribution >= 4 is 11.8 Å². The number of nitrogens with one attached hydrogen (secondary N) is 1. The van der Waals surface area contributed by atoms with Crippen molar-refractivity contribution in [2.45, 2.75) is 23.8 Å². The van der Waals surface area contributed by atoms with Crippen LogP contribution in [-0.2, 0) is 0 Å². The predicted molar refractivity (Wildman–Crippen MR) is 78.1 cm³/mol. The van der Waals surface area contributed by atoms with Crippen LogP contribution in [0, 0.1) is 5.92 Å². The predicted octanol–water partition coefficient (Wildman–Crippen LogP) is 2.76. The molecule has 2 atom stereocenters. The Morgan fingerprint density at radius 1 is 1.33 bits per heavy atom. The van der Waals surface area contributed by atoms with Crippen LogP contribution in [0.25, 0.3) is 0 Å². The van der Waals surface area contributed by atoms with Crippen molar-refractivity contribution in [2.24, 2.45) is 5.92 Å². The van der Waals surface area contributed by atoms with E-state index < -0.39 is 0 Å². The highest BCUT2D eigenvalue weighted by Gasteiger charge is 2.31. The summed E-state index contributed by atoms with van der Waals surface area (Å²) in [6.45, 7) is 3.71. The zero-order chi connectivity index (χ0) is 12.4. The largest absolute Gasteiger partial charge is 0.319 e. The van der Waals surface area contributed by atoms with E-state index in [9.17, 15) is 0 Å². The Bertz CT molecular complexity index is 407. The van der Waals surface area contributed by atoms with Gasteiger partial charge in [-0.1, -0.05) is 18.2 Å². The highest BCUT2D eigenvalue weighted by Crippen LogP contribution is 2.40. The fraction of sp³-hybridized carbons (Fsp3) is 0.600. The van der Waals surface area contributed by atoms with Gasteiger partial charge in [-0.3, -0.25) is 4.90 Å². The number of nitrogens with zero attached hydrogens (tertiary/aromatic N) is 1. The Morgan fingerprint density at radius 3 is 3.11 bits per heavy atom. The maximum Gasteiger partial charge on any atom is 0.0367 e. The van der Waals surface area contributed by atoms with Crippen LogP contribution in [0.1, 0.15) is 24.4 Å². The van der Waals surface area contributed by atoms with Crippen molar-refractivity contribution in [1.82, 2.24) is 10.2 Å². The number of rotatable bonds is 3. The van der Waals surface area contributed by atoms with Gasteiger partial charge in [-0.15, -0.1) is 11.8 Å². The zero-order valence-electron chi connectivity index (χ0n) is 11.1. The molecule has 0 spiro atoms. The minimum absolute atomic E-state index is 0.671. The number of hydrogen-bond donors (Lipinski definition) is 1. The summed E-state index contributed by atoms with van der Waals surface area (Å²) < 4.78 is 0. The average molecular weight is 262 g/mol. The molecule has 1 saturated heterocycles. The summed E-state index contributed by atoms with van der Waals surface area (Å²) in [6.07, 6.45) is 2.67. The van der Waals surface area contributed by atoms with Crippen molar-refractivity contribution in [3.8, 4) is 0 Å². The Labute approximate surface area is 114 Å². The van der Waals surface area contributed by atoms with Crippen molar-refractivity contribution in [3.05, 3.63) is 29.8 Å². The smallest absolute Gasteiger partial charge is 0.0367 e. The monoisotopic (exact) mass is 262 g/mol. The summed E-state index contributed by atoms with van der Waals surface area (Å²) in [7, 11) is 2.06. The molecule has 2 aliphatic rings. The van der Waals surface area contributed by atoms with Gasteiger partial charge in [0, 0.05) is 17.5 Å². The molecule has 2 aliphatic heterocycles. The molecule has 18 heavy (non-hydrogen) atoms. The van der Waals surface area contributed by atoms with Crippen molar-refractivity contribution in [3.63, 3.8) is 0 Å². The van der Waals surface area contributed by atoms with Gasteiger partial charge in [0.25, 0.3) is 0 Å². The number of thioether (sulfide) groups is 1. The molecule has 1 fully saturated rings. The highest BCUT2D eigenvalue weighted by molar-refractivity contribution is 7.99. The first kappa shape index (κ1) is 12.5. The van der Waals surface area contributed by atoms with E-state index in [0.29, 0.717) is 6.04 Å². The van der Waals surface area contributed by atoms with Crippen molar-refractivity contribution in [2.75, 3.05) is 32.4 Å². The molecule has 98 valence electrons. The molecule has 0 amide bonds. The van der Waals surface area contributed by atoms with Gasteiger partial charge in [-0.05, 0) is 56.3 Å². The summed E-state index contributed by atoms with van der Waals surface area (Å²) in [5, 5.41) is 3.32. The first-order valence-corrected chi connectivity index (χ1v) is 7.97. The normalized spacial score (nSPS) is 28.3. The van der Waals surface area contributed by atoms with E-state index >= 15 is 0 Å². The van der Waals surface area contributed by atoms with Gasteiger partial charge in [-0.25, -0.2) is 0 Å². The minimum atomic E-state index is 0.671. The van der Waals surface area contributed by atoms with E-state index in [1.165, 1.54) is 43.1 Å². The fourth-order valence-electron chi connectivity index (χ4n) is 3.30. The van der Waals surface area contributed by atoms with E-state index in [2.05, 4.69) is 41.5 Å². The molecule has 2 unspecified atom stereocenters. The van der Waals surface area contributed by atoms with Crippen LogP contribution in [0.3, 0.4) is 0 Å². The molecular weight excluding hydrogens is 240 g/mol. The van der Waals surface area contributed by atoms with Crippen LogP contribution in [0.15, 0.2) is 29.2 Å². The lowest BCUT2D eigenvalue weighted by molar-refractivity contribution is 0.227. The fourth-order valence-corrected chi connectivity index (χ4v) is 4.41. The third kappa shape index (κ3) is 2.44. The highest BCUT2D eigenvalue weighted by atomic mass is 32.2. The number of benzene rings is 1. The molecule has 0 saturated carbocycles. The number of likely N-dealkylation sites (tertiary alicyclic amines) is 1.